The van der Waals surface area contributed by atoms with Gasteiger partial charge in [-0.3, -0.25) is 0 Å². The second-order valence-electron chi connectivity index (χ2n) is 2.53. The number of hydrogen-bond donors (Lipinski definition) is 1. The van der Waals surface area contributed by atoms with Gasteiger partial charge in [0.1, 0.15) is 0 Å². The smallest absolute Gasteiger partial charge is 0.283 e. The zero-order valence-electron chi connectivity index (χ0n) is 5.42. The van der Waals surface area contributed by atoms with E-state index in [-0.39, 0.29) is 12.2 Å². The molecule has 9 heavy (non-hydrogen) atoms. The number of aliphatic hydroxyl groups is 1. The molecule has 1 fully saturated rings. The molecular formula is C6H11BO2. The summed E-state index contributed by atoms with van der Waals surface area (Å²) in [6, 6.07) is 0. The first kappa shape index (κ1) is 7.10. The van der Waals surface area contributed by atoms with Crippen molar-refractivity contribution >= 4 is 8.05 Å². The summed E-state index contributed by atoms with van der Waals surface area (Å²) >= 11 is 0. The maximum absolute atomic E-state index is 9.16. The molecule has 0 aromatic heterocycles. The standard InChI is InChI=1S/C6H11BO2/c7-9-6-4-2-1-3-5(6)8/h5-6,8H,1-4H2. The first-order valence-electron chi connectivity index (χ1n) is 3.38. The molecule has 1 rings (SSSR count). The van der Waals surface area contributed by atoms with Crippen molar-refractivity contribution in [1.82, 2.24) is 0 Å². The molecule has 2 unspecified atom stereocenters. The molecule has 0 aromatic rings. The van der Waals surface area contributed by atoms with Crippen molar-refractivity contribution < 1.29 is 9.76 Å². The monoisotopic (exact) mass is 126 g/mol. The van der Waals surface area contributed by atoms with Gasteiger partial charge in [-0.05, 0) is 12.8 Å². The fraction of sp³-hybridized carbons (Fsp3) is 1.00. The Kier molecular flexibility index (Phi) is 2.55. The normalized spacial score (nSPS) is 36.6. The van der Waals surface area contributed by atoms with Crippen LogP contribution in [0.3, 0.4) is 0 Å². The van der Waals surface area contributed by atoms with Crippen LogP contribution in [-0.4, -0.2) is 25.4 Å². The first-order valence-corrected chi connectivity index (χ1v) is 3.38. The third-order valence-electron chi connectivity index (χ3n) is 1.84. The molecule has 2 radical (unpaired) electrons. The predicted molar refractivity (Wildman–Crippen MR) is 35.1 cm³/mol. The van der Waals surface area contributed by atoms with Gasteiger partial charge in [-0.15, -0.1) is 0 Å². The van der Waals surface area contributed by atoms with E-state index in [0.717, 1.165) is 25.7 Å². The van der Waals surface area contributed by atoms with Crippen molar-refractivity contribution in [3.63, 3.8) is 0 Å². The van der Waals surface area contributed by atoms with Crippen LogP contribution in [0.4, 0.5) is 0 Å². The minimum absolute atomic E-state index is 0.112. The van der Waals surface area contributed by atoms with E-state index in [1.165, 1.54) is 0 Å². The molecule has 1 saturated carbocycles. The topological polar surface area (TPSA) is 29.5 Å². The second-order valence-corrected chi connectivity index (χ2v) is 2.53. The van der Waals surface area contributed by atoms with Crippen LogP contribution in [0.15, 0.2) is 0 Å². The van der Waals surface area contributed by atoms with Crippen LogP contribution in [-0.2, 0) is 4.65 Å². The van der Waals surface area contributed by atoms with E-state index in [0.29, 0.717) is 0 Å². The quantitative estimate of drug-likeness (QED) is 0.515. The Morgan fingerprint density at radius 2 is 2.00 bits per heavy atom. The summed E-state index contributed by atoms with van der Waals surface area (Å²) in [6.07, 6.45) is 3.52. The molecule has 1 aliphatic carbocycles. The average molecular weight is 126 g/mol. The highest BCUT2D eigenvalue weighted by Gasteiger charge is 2.21. The van der Waals surface area contributed by atoms with Gasteiger partial charge in [-0.25, -0.2) is 0 Å². The van der Waals surface area contributed by atoms with Gasteiger partial charge < -0.3 is 9.76 Å². The van der Waals surface area contributed by atoms with E-state index in [2.05, 4.69) is 4.65 Å². The molecule has 1 aliphatic rings. The molecular weight excluding hydrogens is 115 g/mol. The van der Waals surface area contributed by atoms with Crippen LogP contribution < -0.4 is 0 Å². The van der Waals surface area contributed by atoms with Crippen LogP contribution >= 0.6 is 0 Å². The predicted octanol–water partition coefficient (Wildman–Crippen LogP) is 0.390. The van der Waals surface area contributed by atoms with Gasteiger partial charge in [0.2, 0.25) is 0 Å². The van der Waals surface area contributed by atoms with E-state index < -0.39 is 0 Å². The molecule has 2 atom stereocenters. The zero-order valence-corrected chi connectivity index (χ0v) is 5.42. The lowest BCUT2D eigenvalue weighted by atomic mass is 9.94. The van der Waals surface area contributed by atoms with Gasteiger partial charge in [0, 0.05) is 0 Å². The second kappa shape index (κ2) is 3.23. The SMILES string of the molecule is [B]OC1CCCCC1O. The Morgan fingerprint density at radius 1 is 1.33 bits per heavy atom. The Morgan fingerprint density at radius 3 is 2.44 bits per heavy atom. The minimum Gasteiger partial charge on any atom is -0.442 e. The molecule has 0 bridgehead atoms. The molecule has 3 heteroatoms. The van der Waals surface area contributed by atoms with Crippen LogP contribution in [0.25, 0.3) is 0 Å². The molecule has 0 aromatic carbocycles. The summed E-state index contributed by atoms with van der Waals surface area (Å²) in [5, 5.41) is 9.16. The number of rotatable bonds is 1. The summed E-state index contributed by atoms with van der Waals surface area (Å²) in [4.78, 5) is 0. The largest absolute Gasteiger partial charge is 0.442 e. The van der Waals surface area contributed by atoms with Crippen molar-refractivity contribution in [2.45, 2.75) is 37.9 Å². The van der Waals surface area contributed by atoms with Gasteiger partial charge in [0.05, 0.1) is 12.2 Å². The van der Waals surface area contributed by atoms with Gasteiger partial charge in [0.15, 0.2) is 0 Å². The van der Waals surface area contributed by atoms with E-state index in [1.54, 1.807) is 0 Å². The Balaban J connectivity index is 2.30. The fourth-order valence-corrected chi connectivity index (χ4v) is 1.24. The molecule has 50 valence electrons. The highest BCUT2D eigenvalue weighted by Crippen LogP contribution is 2.19. The zero-order chi connectivity index (χ0) is 6.69. The molecule has 0 spiro atoms. The minimum atomic E-state index is -0.330. The van der Waals surface area contributed by atoms with E-state index >= 15 is 0 Å². The molecule has 0 aliphatic heterocycles. The summed E-state index contributed by atoms with van der Waals surface area (Å²) in [5.41, 5.74) is 0. The van der Waals surface area contributed by atoms with Crippen LogP contribution in [0.1, 0.15) is 25.7 Å². The fourth-order valence-electron chi connectivity index (χ4n) is 1.24. The highest BCUT2D eigenvalue weighted by molar-refractivity contribution is 5.98. The van der Waals surface area contributed by atoms with Gasteiger partial charge in [-0.2, -0.15) is 0 Å². The lowest BCUT2D eigenvalue weighted by Gasteiger charge is -2.26. The molecule has 2 nitrogen and oxygen atoms in total. The average Bonchev–Trinajstić information content (AvgIpc) is 1.89. The van der Waals surface area contributed by atoms with Crippen molar-refractivity contribution in [2.24, 2.45) is 0 Å². The van der Waals surface area contributed by atoms with E-state index in [1.807, 2.05) is 0 Å². The van der Waals surface area contributed by atoms with Crippen molar-refractivity contribution in [1.29, 1.82) is 0 Å². The molecule has 0 saturated heterocycles. The maximum atomic E-state index is 9.16. The van der Waals surface area contributed by atoms with Gasteiger partial charge in [-0.1, -0.05) is 12.8 Å². The van der Waals surface area contributed by atoms with Crippen molar-refractivity contribution in [2.75, 3.05) is 0 Å². The van der Waals surface area contributed by atoms with Crippen LogP contribution in [0.5, 0.6) is 0 Å². The van der Waals surface area contributed by atoms with E-state index in [9.17, 15) is 0 Å². The summed E-state index contributed by atoms with van der Waals surface area (Å²) in [6.45, 7) is 0. The number of hydrogen-bond acceptors (Lipinski definition) is 2. The maximum Gasteiger partial charge on any atom is 0.283 e. The Labute approximate surface area is 56.7 Å². The Bertz CT molecular complexity index is 87.1. The number of aliphatic hydroxyl groups excluding tert-OH is 1. The lowest BCUT2D eigenvalue weighted by Crippen LogP contribution is -2.31. The highest BCUT2D eigenvalue weighted by atomic mass is 16.4. The van der Waals surface area contributed by atoms with Crippen LogP contribution in [0.2, 0.25) is 0 Å². The first-order chi connectivity index (χ1) is 4.34. The van der Waals surface area contributed by atoms with Crippen LogP contribution in [0, 0.1) is 0 Å². The molecule has 0 amide bonds. The third-order valence-corrected chi connectivity index (χ3v) is 1.84. The third kappa shape index (κ3) is 1.70. The van der Waals surface area contributed by atoms with Gasteiger partial charge >= 0.3 is 0 Å². The molecule has 1 N–H and O–H groups in total. The van der Waals surface area contributed by atoms with Crippen molar-refractivity contribution in [3.05, 3.63) is 0 Å². The summed E-state index contributed by atoms with van der Waals surface area (Å²) in [7, 11) is 4.93. The van der Waals surface area contributed by atoms with E-state index in [4.69, 9.17) is 13.2 Å². The van der Waals surface area contributed by atoms with Gasteiger partial charge in [0.25, 0.3) is 8.05 Å². The lowest BCUT2D eigenvalue weighted by molar-refractivity contribution is 0.0114. The summed E-state index contributed by atoms with van der Waals surface area (Å²) in [5.74, 6) is 0. The van der Waals surface area contributed by atoms with Crippen molar-refractivity contribution in [3.8, 4) is 0 Å². The summed E-state index contributed by atoms with van der Waals surface area (Å²) < 4.78 is 4.55. The molecule has 0 heterocycles. The Hall–Kier alpha value is -0.0151.